The van der Waals surface area contributed by atoms with Crippen LogP contribution >= 0.6 is 0 Å². The molecule has 92 valence electrons. The number of carboxylic acids is 1. The van der Waals surface area contributed by atoms with Gasteiger partial charge >= 0.3 is 5.97 Å². The number of carboxylic acid groups (broad SMARTS) is 1. The molecule has 0 unspecified atom stereocenters. The fourth-order valence-electron chi connectivity index (χ4n) is 0.988. The number of carbonyl (C=O) groups is 3. The molecule has 0 aliphatic heterocycles. The van der Waals surface area contributed by atoms with Gasteiger partial charge in [-0.3, -0.25) is 9.59 Å². The molecule has 8 heteroatoms. The Hall–Kier alpha value is -2.38. The Balaban J connectivity index is 2.41. The van der Waals surface area contributed by atoms with Crippen LogP contribution in [0, 0.1) is 0 Å². The monoisotopic (exact) mass is 241 g/mol. The number of carbonyl (C=O) groups excluding carboxylic acids is 2. The van der Waals surface area contributed by atoms with Crippen LogP contribution in [0.25, 0.3) is 0 Å². The predicted octanol–water partition coefficient (Wildman–Crippen LogP) is -0.761. The van der Waals surface area contributed by atoms with Gasteiger partial charge in [0.15, 0.2) is 5.69 Å². The van der Waals surface area contributed by atoms with E-state index in [9.17, 15) is 14.4 Å². The van der Waals surface area contributed by atoms with Crippen molar-refractivity contribution in [2.75, 3.05) is 13.1 Å². The molecule has 3 N–H and O–H groups in total. The van der Waals surface area contributed by atoms with E-state index in [1.807, 2.05) is 0 Å². The van der Waals surface area contributed by atoms with Gasteiger partial charge in [0.1, 0.15) is 0 Å². The maximum atomic E-state index is 11.4. The third kappa shape index (κ3) is 3.93. The van der Waals surface area contributed by atoms with Gasteiger partial charge < -0.3 is 20.3 Å². The molecule has 1 aromatic heterocycles. The van der Waals surface area contributed by atoms with E-state index in [-0.39, 0.29) is 24.7 Å². The highest BCUT2D eigenvalue weighted by Crippen LogP contribution is 2.02. The van der Waals surface area contributed by atoms with Crippen LogP contribution in [-0.2, 0) is 4.79 Å². The molecule has 1 aromatic rings. The lowest BCUT2D eigenvalue weighted by molar-refractivity contribution is -0.118. The largest absolute Gasteiger partial charge is 0.475 e. The highest BCUT2D eigenvalue weighted by molar-refractivity contribution is 5.94. The fourth-order valence-corrected chi connectivity index (χ4v) is 0.988. The van der Waals surface area contributed by atoms with Crippen molar-refractivity contribution in [3.63, 3.8) is 0 Å². The van der Waals surface area contributed by atoms with Gasteiger partial charge in [-0.15, -0.1) is 0 Å². The Labute approximate surface area is 96.0 Å². The molecule has 0 radical (unpaired) electrons. The van der Waals surface area contributed by atoms with E-state index in [1.165, 1.54) is 6.92 Å². The van der Waals surface area contributed by atoms with E-state index in [2.05, 4.69) is 20.3 Å². The van der Waals surface area contributed by atoms with Crippen LogP contribution in [0.15, 0.2) is 10.6 Å². The lowest BCUT2D eigenvalue weighted by atomic mass is 10.3. The van der Waals surface area contributed by atoms with E-state index in [0.717, 1.165) is 6.07 Å². The third-order valence-corrected chi connectivity index (χ3v) is 1.74. The van der Waals surface area contributed by atoms with Crippen LogP contribution in [0.5, 0.6) is 0 Å². The van der Waals surface area contributed by atoms with Gasteiger partial charge in [0.25, 0.3) is 5.91 Å². The summed E-state index contributed by atoms with van der Waals surface area (Å²) in [5.74, 6) is -2.47. The van der Waals surface area contributed by atoms with Crippen molar-refractivity contribution in [3.05, 3.63) is 17.5 Å². The molecule has 17 heavy (non-hydrogen) atoms. The summed E-state index contributed by atoms with van der Waals surface area (Å²) in [6, 6.07) is 1.02. The number of aromatic carboxylic acids is 1. The molecule has 2 amide bonds. The van der Waals surface area contributed by atoms with Crippen LogP contribution in [-0.4, -0.2) is 41.1 Å². The molecule has 0 atom stereocenters. The summed E-state index contributed by atoms with van der Waals surface area (Å²) in [6.07, 6.45) is 0. The zero-order chi connectivity index (χ0) is 12.8. The Morgan fingerprint density at radius 1 is 1.35 bits per heavy atom. The minimum Gasteiger partial charge on any atom is -0.475 e. The zero-order valence-electron chi connectivity index (χ0n) is 9.02. The van der Waals surface area contributed by atoms with E-state index in [0.29, 0.717) is 0 Å². The van der Waals surface area contributed by atoms with Gasteiger partial charge in [0.05, 0.1) is 0 Å². The summed E-state index contributed by atoms with van der Waals surface area (Å²) in [7, 11) is 0. The molecule has 1 heterocycles. The summed E-state index contributed by atoms with van der Waals surface area (Å²) in [6.45, 7) is 1.86. The number of hydrogen-bond acceptors (Lipinski definition) is 5. The summed E-state index contributed by atoms with van der Waals surface area (Å²) in [5, 5.41) is 16.8. The first-order valence-corrected chi connectivity index (χ1v) is 4.73. The van der Waals surface area contributed by atoms with Gasteiger partial charge in [-0.05, 0) is 0 Å². The number of amides is 2. The van der Waals surface area contributed by atoms with Crippen LogP contribution in [0.2, 0.25) is 0 Å². The molecule has 0 aromatic carbocycles. The molecule has 0 saturated heterocycles. The number of hydrogen-bond donors (Lipinski definition) is 3. The van der Waals surface area contributed by atoms with Crippen LogP contribution in [0.3, 0.4) is 0 Å². The second kappa shape index (κ2) is 5.64. The summed E-state index contributed by atoms with van der Waals surface area (Å²) < 4.78 is 4.41. The normalized spacial score (nSPS) is 9.71. The van der Waals surface area contributed by atoms with E-state index in [1.54, 1.807) is 0 Å². The molecule has 1 rings (SSSR count). The molecule has 0 bridgehead atoms. The van der Waals surface area contributed by atoms with Crippen molar-refractivity contribution in [2.45, 2.75) is 6.92 Å². The molecule has 0 fully saturated rings. The van der Waals surface area contributed by atoms with Crippen molar-refractivity contribution in [1.29, 1.82) is 0 Å². The number of aromatic nitrogens is 1. The Bertz CT molecular complexity index is 440. The third-order valence-electron chi connectivity index (χ3n) is 1.74. The SMILES string of the molecule is CC(=O)NCCNC(=O)c1cc(C(=O)O)on1. The Morgan fingerprint density at radius 2 is 2.00 bits per heavy atom. The van der Waals surface area contributed by atoms with E-state index >= 15 is 0 Å². The Morgan fingerprint density at radius 3 is 2.53 bits per heavy atom. The fraction of sp³-hybridized carbons (Fsp3) is 0.333. The minimum absolute atomic E-state index is 0.120. The van der Waals surface area contributed by atoms with Gasteiger partial charge in [0.2, 0.25) is 11.7 Å². The number of nitrogens with zero attached hydrogens (tertiary/aromatic N) is 1. The highest BCUT2D eigenvalue weighted by atomic mass is 16.5. The first kappa shape index (κ1) is 12.7. The predicted molar refractivity (Wildman–Crippen MR) is 54.5 cm³/mol. The van der Waals surface area contributed by atoms with Gasteiger partial charge in [-0.1, -0.05) is 5.16 Å². The van der Waals surface area contributed by atoms with Crippen LogP contribution in [0.1, 0.15) is 28.0 Å². The second-order valence-electron chi connectivity index (χ2n) is 3.12. The van der Waals surface area contributed by atoms with Crippen LogP contribution < -0.4 is 10.6 Å². The lowest BCUT2D eigenvalue weighted by Gasteiger charge is -2.02. The molecular formula is C9H11N3O5. The maximum absolute atomic E-state index is 11.4. The molecule has 0 aliphatic rings. The summed E-state index contributed by atoms with van der Waals surface area (Å²) in [5.41, 5.74) is -0.120. The summed E-state index contributed by atoms with van der Waals surface area (Å²) in [4.78, 5) is 32.4. The first-order chi connectivity index (χ1) is 8.00. The standard InChI is InChI=1S/C9H11N3O5/c1-5(13)10-2-3-11-8(14)6-4-7(9(15)16)17-12-6/h4H,2-3H2,1H3,(H,10,13)(H,11,14)(H,15,16). The molecule has 0 saturated carbocycles. The van der Waals surface area contributed by atoms with Gasteiger partial charge in [0, 0.05) is 26.1 Å². The van der Waals surface area contributed by atoms with E-state index < -0.39 is 17.6 Å². The number of rotatable bonds is 5. The molecular weight excluding hydrogens is 230 g/mol. The zero-order valence-corrected chi connectivity index (χ0v) is 9.02. The molecule has 0 aliphatic carbocycles. The second-order valence-corrected chi connectivity index (χ2v) is 3.12. The topological polar surface area (TPSA) is 122 Å². The van der Waals surface area contributed by atoms with Crippen molar-refractivity contribution < 1.29 is 24.0 Å². The van der Waals surface area contributed by atoms with Gasteiger partial charge in [-0.25, -0.2) is 4.79 Å². The molecule has 0 spiro atoms. The van der Waals surface area contributed by atoms with Crippen molar-refractivity contribution in [1.82, 2.24) is 15.8 Å². The van der Waals surface area contributed by atoms with Crippen molar-refractivity contribution in [3.8, 4) is 0 Å². The first-order valence-electron chi connectivity index (χ1n) is 4.73. The maximum Gasteiger partial charge on any atom is 0.374 e. The Kier molecular flexibility index (Phi) is 4.21. The number of nitrogens with one attached hydrogen (secondary N) is 2. The lowest BCUT2D eigenvalue weighted by Crippen LogP contribution is -2.33. The molecule has 8 nitrogen and oxygen atoms in total. The van der Waals surface area contributed by atoms with Gasteiger partial charge in [-0.2, -0.15) is 0 Å². The average Bonchev–Trinajstić information content (AvgIpc) is 2.73. The minimum atomic E-state index is -1.30. The smallest absolute Gasteiger partial charge is 0.374 e. The quantitative estimate of drug-likeness (QED) is 0.582. The van der Waals surface area contributed by atoms with E-state index in [4.69, 9.17) is 5.11 Å². The van der Waals surface area contributed by atoms with Crippen molar-refractivity contribution in [2.24, 2.45) is 0 Å². The summed E-state index contributed by atoms with van der Waals surface area (Å²) >= 11 is 0. The van der Waals surface area contributed by atoms with Crippen LogP contribution in [0.4, 0.5) is 0 Å². The average molecular weight is 241 g/mol. The van der Waals surface area contributed by atoms with Crippen molar-refractivity contribution >= 4 is 17.8 Å². The highest BCUT2D eigenvalue weighted by Gasteiger charge is 2.15.